The predicted molar refractivity (Wildman–Crippen MR) is 110 cm³/mol. The van der Waals surface area contributed by atoms with Gasteiger partial charge in [0.15, 0.2) is 0 Å². The Balaban J connectivity index is 1.54. The van der Waals surface area contributed by atoms with Crippen molar-refractivity contribution in [2.45, 2.75) is 36.3 Å². The number of aryl methyl sites for hydroxylation is 2. The maximum absolute atomic E-state index is 12.4. The summed E-state index contributed by atoms with van der Waals surface area (Å²) in [6.45, 7) is -0.431. The summed E-state index contributed by atoms with van der Waals surface area (Å²) >= 11 is 8.14. The Morgan fingerprint density at radius 1 is 1.14 bits per heavy atom. The lowest BCUT2D eigenvalue weighted by molar-refractivity contribution is -0.121. The molecule has 0 saturated carbocycles. The van der Waals surface area contributed by atoms with E-state index < -0.39 is 28.4 Å². The number of thiophene rings is 2. The predicted octanol–water partition coefficient (Wildman–Crippen LogP) is 2.81. The van der Waals surface area contributed by atoms with Crippen molar-refractivity contribution in [2.75, 3.05) is 13.6 Å². The average molecular weight is 462 g/mol. The quantitative estimate of drug-likeness (QED) is 0.528. The molecule has 0 saturated heterocycles. The van der Waals surface area contributed by atoms with Crippen molar-refractivity contribution in [3.63, 3.8) is 0 Å². The van der Waals surface area contributed by atoms with Gasteiger partial charge in [-0.15, -0.1) is 22.7 Å². The second-order valence-electron chi connectivity index (χ2n) is 6.44. The number of sulfonamides is 1. The average Bonchev–Trinajstić information content (AvgIpc) is 3.21. The highest BCUT2D eigenvalue weighted by molar-refractivity contribution is 7.91. The SMILES string of the molecule is CN(CC(=O)NNC(=O)c1cc2c(s1)CCCCC2)S(=O)(=O)c1ccc(Cl)s1. The largest absolute Gasteiger partial charge is 0.279 e. The zero-order valence-electron chi connectivity index (χ0n) is 15.2. The third kappa shape index (κ3) is 4.93. The van der Waals surface area contributed by atoms with Crippen LogP contribution in [0.5, 0.6) is 0 Å². The van der Waals surface area contributed by atoms with Gasteiger partial charge in [0.1, 0.15) is 4.21 Å². The van der Waals surface area contributed by atoms with Crippen LogP contribution in [0.15, 0.2) is 22.4 Å². The van der Waals surface area contributed by atoms with Crippen molar-refractivity contribution < 1.29 is 18.0 Å². The summed E-state index contributed by atoms with van der Waals surface area (Å²) in [6, 6.07) is 4.75. The minimum absolute atomic E-state index is 0.0527. The highest BCUT2D eigenvalue weighted by Crippen LogP contribution is 2.29. The highest BCUT2D eigenvalue weighted by Gasteiger charge is 2.25. The van der Waals surface area contributed by atoms with Gasteiger partial charge in [0.25, 0.3) is 21.8 Å². The first-order valence-corrected chi connectivity index (χ1v) is 12.1. The number of hydrazine groups is 1. The van der Waals surface area contributed by atoms with E-state index in [1.165, 1.54) is 47.4 Å². The maximum Gasteiger partial charge on any atom is 0.279 e. The molecule has 28 heavy (non-hydrogen) atoms. The molecule has 0 atom stereocenters. The molecule has 2 amide bonds. The van der Waals surface area contributed by atoms with Crippen molar-refractivity contribution in [2.24, 2.45) is 0 Å². The third-order valence-electron chi connectivity index (χ3n) is 4.37. The Morgan fingerprint density at radius 3 is 2.61 bits per heavy atom. The van der Waals surface area contributed by atoms with Crippen LogP contribution in [-0.4, -0.2) is 38.1 Å². The van der Waals surface area contributed by atoms with Crippen LogP contribution in [0.3, 0.4) is 0 Å². The second kappa shape index (κ2) is 8.91. The van der Waals surface area contributed by atoms with Gasteiger partial charge in [0.05, 0.1) is 15.8 Å². The van der Waals surface area contributed by atoms with Crippen LogP contribution < -0.4 is 10.9 Å². The number of fused-ring (bicyclic) bond motifs is 1. The number of hydrogen-bond donors (Lipinski definition) is 2. The Bertz CT molecular complexity index is 960. The zero-order chi connectivity index (χ0) is 20.3. The molecular formula is C17H20ClN3O4S3. The van der Waals surface area contributed by atoms with E-state index in [-0.39, 0.29) is 4.21 Å². The van der Waals surface area contributed by atoms with Crippen molar-refractivity contribution in [1.82, 2.24) is 15.2 Å². The molecule has 1 aliphatic carbocycles. The number of rotatable bonds is 5. The van der Waals surface area contributed by atoms with E-state index in [2.05, 4.69) is 10.9 Å². The summed E-state index contributed by atoms with van der Waals surface area (Å²) in [4.78, 5) is 26.1. The van der Waals surface area contributed by atoms with Gasteiger partial charge in [0.2, 0.25) is 0 Å². The summed E-state index contributed by atoms with van der Waals surface area (Å²) in [5.41, 5.74) is 5.84. The van der Waals surface area contributed by atoms with Crippen LogP contribution in [0.1, 0.15) is 39.4 Å². The number of carbonyl (C=O) groups is 2. The van der Waals surface area contributed by atoms with Crippen LogP contribution >= 0.6 is 34.3 Å². The Labute approximate surface area is 176 Å². The summed E-state index contributed by atoms with van der Waals surface area (Å²) in [7, 11) is -2.52. The Morgan fingerprint density at radius 2 is 1.89 bits per heavy atom. The Kier molecular flexibility index (Phi) is 6.77. The summed E-state index contributed by atoms with van der Waals surface area (Å²) in [5.74, 6) is -1.04. The van der Waals surface area contributed by atoms with Gasteiger partial charge >= 0.3 is 0 Å². The summed E-state index contributed by atoms with van der Waals surface area (Å²) < 4.78 is 26.1. The summed E-state index contributed by atoms with van der Waals surface area (Å²) in [6.07, 6.45) is 5.41. The molecule has 3 rings (SSSR count). The van der Waals surface area contributed by atoms with Crippen LogP contribution in [0.4, 0.5) is 0 Å². The molecule has 2 aromatic heterocycles. The maximum atomic E-state index is 12.4. The molecular weight excluding hydrogens is 442 g/mol. The van der Waals surface area contributed by atoms with Gasteiger partial charge in [-0.3, -0.25) is 20.4 Å². The van der Waals surface area contributed by atoms with E-state index in [0.717, 1.165) is 41.3 Å². The minimum Gasteiger partial charge on any atom is -0.272 e. The van der Waals surface area contributed by atoms with E-state index in [9.17, 15) is 18.0 Å². The number of nitrogens with zero attached hydrogens (tertiary/aromatic N) is 1. The second-order valence-corrected chi connectivity index (χ2v) is 11.6. The monoisotopic (exact) mass is 461 g/mol. The van der Waals surface area contributed by atoms with Gasteiger partial charge in [-0.1, -0.05) is 18.0 Å². The van der Waals surface area contributed by atoms with E-state index >= 15 is 0 Å². The fourth-order valence-corrected chi connectivity index (χ4v) is 6.85. The van der Waals surface area contributed by atoms with Gasteiger partial charge in [-0.2, -0.15) is 4.31 Å². The molecule has 2 N–H and O–H groups in total. The van der Waals surface area contributed by atoms with E-state index in [4.69, 9.17) is 11.6 Å². The van der Waals surface area contributed by atoms with Gasteiger partial charge < -0.3 is 0 Å². The molecule has 2 aromatic rings. The van der Waals surface area contributed by atoms with Crippen molar-refractivity contribution in [3.05, 3.63) is 37.9 Å². The fourth-order valence-electron chi connectivity index (χ4n) is 2.88. The normalized spacial score (nSPS) is 14.4. The van der Waals surface area contributed by atoms with Crippen LogP contribution in [0.25, 0.3) is 0 Å². The van der Waals surface area contributed by atoms with E-state index in [0.29, 0.717) is 9.21 Å². The Hall–Kier alpha value is -1.46. The first-order chi connectivity index (χ1) is 13.3. The first kappa shape index (κ1) is 21.3. The third-order valence-corrected chi connectivity index (χ3v) is 9.10. The number of nitrogens with one attached hydrogen (secondary N) is 2. The molecule has 0 fully saturated rings. The lowest BCUT2D eigenvalue weighted by Crippen LogP contribution is -2.46. The molecule has 0 spiro atoms. The molecule has 7 nitrogen and oxygen atoms in total. The van der Waals surface area contributed by atoms with E-state index in [1.807, 2.05) is 6.07 Å². The van der Waals surface area contributed by atoms with Crippen LogP contribution in [-0.2, 0) is 27.7 Å². The lowest BCUT2D eigenvalue weighted by atomic mass is 10.1. The minimum atomic E-state index is -3.81. The number of carbonyl (C=O) groups excluding carboxylic acids is 2. The molecule has 0 radical (unpaired) electrons. The molecule has 2 heterocycles. The number of likely N-dealkylation sites (N-methyl/N-ethyl adjacent to an activating group) is 1. The topological polar surface area (TPSA) is 95.6 Å². The number of halogens is 1. The summed E-state index contributed by atoms with van der Waals surface area (Å²) in [5, 5.41) is 0. The van der Waals surface area contributed by atoms with Crippen molar-refractivity contribution in [3.8, 4) is 0 Å². The molecule has 152 valence electrons. The number of amides is 2. The van der Waals surface area contributed by atoms with Crippen LogP contribution in [0.2, 0.25) is 4.34 Å². The molecule has 0 bridgehead atoms. The highest BCUT2D eigenvalue weighted by atomic mass is 35.5. The zero-order valence-corrected chi connectivity index (χ0v) is 18.4. The molecule has 0 aromatic carbocycles. The van der Waals surface area contributed by atoms with Gasteiger partial charge in [-0.25, -0.2) is 8.42 Å². The standard InChI is InChI=1S/C17H20ClN3O4S3/c1-21(28(24,25)16-8-7-14(18)27-16)10-15(22)19-20-17(23)13-9-11-5-3-2-4-6-12(11)26-13/h7-9H,2-6,10H2,1H3,(H,19,22)(H,20,23). The molecule has 0 aliphatic heterocycles. The number of hydrogen-bond acceptors (Lipinski definition) is 6. The molecule has 0 unspecified atom stereocenters. The van der Waals surface area contributed by atoms with Gasteiger partial charge in [-0.05, 0) is 49.4 Å². The fraction of sp³-hybridized carbons (Fsp3) is 0.412. The molecule has 11 heteroatoms. The van der Waals surface area contributed by atoms with Crippen molar-refractivity contribution >= 4 is 56.1 Å². The van der Waals surface area contributed by atoms with Gasteiger partial charge in [0, 0.05) is 11.9 Å². The lowest BCUT2D eigenvalue weighted by Gasteiger charge is -2.15. The molecule has 1 aliphatic rings. The van der Waals surface area contributed by atoms with Crippen molar-refractivity contribution in [1.29, 1.82) is 0 Å². The van der Waals surface area contributed by atoms with Crippen LogP contribution in [0, 0.1) is 0 Å². The van der Waals surface area contributed by atoms with E-state index in [1.54, 1.807) is 0 Å². The smallest absolute Gasteiger partial charge is 0.272 e. The first-order valence-electron chi connectivity index (χ1n) is 8.70.